The smallest absolute Gasteiger partial charge is 0.0766 e. The number of hydrogen-bond donors (Lipinski definition) is 2. The van der Waals surface area contributed by atoms with Crippen LogP contribution in [0.4, 0.5) is 0 Å². The summed E-state index contributed by atoms with van der Waals surface area (Å²) >= 11 is 3.63. The molecule has 0 aromatic rings. The van der Waals surface area contributed by atoms with Crippen molar-refractivity contribution in [3.05, 3.63) is 12.7 Å². The maximum Gasteiger partial charge on any atom is 0.0766 e. The number of nitrogens with one attached hydrogen (secondary N) is 1. The first kappa shape index (κ1) is 9.01. The van der Waals surface area contributed by atoms with Crippen molar-refractivity contribution in [3.63, 3.8) is 0 Å². The lowest BCUT2D eigenvalue weighted by molar-refractivity contribution is 0.319. The van der Waals surface area contributed by atoms with Crippen LogP contribution in [0.3, 0.4) is 0 Å². The van der Waals surface area contributed by atoms with Gasteiger partial charge >= 0.3 is 0 Å². The molecule has 0 radical (unpaired) electrons. The summed E-state index contributed by atoms with van der Waals surface area (Å²) in [6.07, 6.45) is 2.77. The van der Waals surface area contributed by atoms with Gasteiger partial charge in [-0.15, -0.1) is 6.58 Å². The van der Waals surface area contributed by atoms with E-state index in [2.05, 4.69) is 29.0 Å². The summed E-state index contributed by atoms with van der Waals surface area (Å²) < 4.78 is 4.63. The Hall–Kier alpha value is 0.01000. The summed E-state index contributed by atoms with van der Waals surface area (Å²) in [6.45, 7) is 4.23. The summed E-state index contributed by atoms with van der Waals surface area (Å²) in [6, 6.07) is 0.347. The molecular formula is C6H13NOS. The largest absolute Gasteiger partial charge is 0.317 e. The molecule has 0 aliphatic rings. The molecule has 3 heteroatoms. The highest BCUT2D eigenvalue weighted by molar-refractivity contribution is 7.75. The highest BCUT2D eigenvalue weighted by Crippen LogP contribution is 1.93. The number of thiol groups is 1. The number of rotatable bonds is 5. The lowest BCUT2D eigenvalue weighted by Gasteiger charge is -2.10. The monoisotopic (exact) mass is 147 g/mol. The quantitative estimate of drug-likeness (QED) is 0.344. The molecule has 0 saturated carbocycles. The Bertz CT molecular complexity index is 77.5. The Morgan fingerprint density at radius 2 is 2.56 bits per heavy atom. The van der Waals surface area contributed by atoms with Gasteiger partial charge in [0.15, 0.2) is 0 Å². The van der Waals surface area contributed by atoms with Crippen LogP contribution in [0.25, 0.3) is 0 Å². The summed E-state index contributed by atoms with van der Waals surface area (Å²) in [5.74, 6) is 0. The van der Waals surface area contributed by atoms with Gasteiger partial charge in [-0.05, 0) is 26.4 Å². The molecule has 0 rings (SSSR count). The molecule has 0 unspecified atom stereocenters. The Kier molecular flexibility index (Phi) is 6.14. The van der Waals surface area contributed by atoms with E-state index < -0.39 is 0 Å². The molecular weight excluding hydrogens is 134 g/mol. The Balaban J connectivity index is 3.28. The van der Waals surface area contributed by atoms with E-state index in [4.69, 9.17) is 0 Å². The van der Waals surface area contributed by atoms with Crippen molar-refractivity contribution < 1.29 is 4.18 Å². The fourth-order valence-corrected chi connectivity index (χ4v) is 0.740. The Morgan fingerprint density at radius 1 is 1.89 bits per heavy atom. The molecule has 1 atom stereocenters. The van der Waals surface area contributed by atoms with Crippen LogP contribution in [0.5, 0.6) is 0 Å². The first-order valence-electron chi connectivity index (χ1n) is 2.89. The van der Waals surface area contributed by atoms with Crippen molar-refractivity contribution in [3.8, 4) is 0 Å². The average molecular weight is 147 g/mol. The summed E-state index contributed by atoms with van der Waals surface area (Å²) in [5.41, 5.74) is 0. The SMILES string of the molecule is C=CC[C@@H](COS)NC. The van der Waals surface area contributed by atoms with Gasteiger partial charge in [0, 0.05) is 6.04 Å². The third kappa shape index (κ3) is 4.51. The number of likely N-dealkylation sites (N-methyl/N-ethyl adjacent to an activating group) is 1. The molecule has 0 amide bonds. The van der Waals surface area contributed by atoms with Crippen LogP contribution in [0.15, 0.2) is 12.7 Å². The molecule has 54 valence electrons. The molecule has 0 aliphatic carbocycles. The highest BCUT2D eigenvalue weighted by Gasteiger charge is 2.00. The third-order valence-electron chi connectivity index (χ3n) is 1.14. The molecule has 0 heterocycles. The highest BCUT2D eigenvalue weighted by atomic mass is 32.1. The van der Waals surface area contributed by atoms with Crippen molar-refractivity contribution in [1.29, 1.82) is 0 Å². The third-order valence-corrected chi connectivity index (χ3v) is 1.28. The van der Waals surface area contributed by atoms with E-state index in [9.17, 15) is 0 Å². The van der Waals surface area contributed by atoms with Gasteiger partial charge in [0.25, 0.3) is 0 Å². The van der Waals surface area contributed by atoms with Crippen molar-refractivity contribution in [1.82, 2.24) is 5.32 Å². The lowest BCUT2D eigenvalue weighted by atomic mass is 10.2. The maximum atomic E-state index is 4.63. The lowest BCUT2D eigenvalue weighted by Crippen LogP contribution is -2.28. The molecule has 0 aromatic heterocycles. The molecule has 0 spiro atoms. The first-order chi connectivity index (χ1) is 4.35. The van der Waals surface area contributed by atoms with E-state index >= 15 is 0 Å². The predicted octanol–water partition coefficient (Wildman–Crippen LogP) is 1.01. The van der Waals surface area contributed by atoms with Gasteiger partial charge in [-0.2, -0.15) is 0 Å². The van der Waals surface area contributed by atoms with Crippen molar-refractivity contribution in [2.75, 3.05) is 13.7 Å². The van der Waals surface area contributed by atoms with Gasteiger partial charge in [0.1, 0.15) is 0 Å². The minimum absolute atomic E-state index is 0.347. The van der Waals surface area contributed by atoms with Crippen molar-refractivity contribution in [2.45, 2.75) is 12.5 Å². The van der Waals surface area contributed by atoms with Gasteiger partial charge in [-0.1, -0.05) is 6.08 Å². The fourth-order valence-electron chi connectivity index (χ4n) is 0.560. The van der Waals surface area contributed by atoms with Crippen LogP contribution < -0.4 is 5.32 Å². The van der Waals surface area contributed by atoms with Crippen LogP contribution >= 0.6 is 12.9 Å². The summed E-state index contributed by atoms with van der Waals surface area (Å²) in [5, 5.41) is 3.06. The summed E-state index contributed by atoms with van der Waals surface area (Å²) in [7, 11) is 1.89. The second-order valence-corrected chi connectivity index (χ2v) is 2.06. The predicted molar refractivity (Wildman–Crippen MR) is 42.6 cm³/mol. The molecule has 0 aliphatic heterocycles. The van der Waals surface area contributed by atoms with Gasteiger partial charge < -0.3 is 9.50 Å². The van der Waals surface area contributed by atoms with Crippen molar-refractivity contribution in [2.24, 2.45) is 0 Å². The standard InChI is InChI=1S/C6H13NOS/c1-3-4-6(7-2)5-8-9/h3,6-7,9H,1,4-5H2,2H3/t6-/m0/s1. The van der Waals surface area contributed by atoms with Crippen LogP contribution in [-0.4, -0.2) is 19.7 Å². The normalized spacial score (nSPS) is 13.1. The molecule has 9 heavy (non-hydrogen) atoms. The molecule has 0 bridgehead atoms. The zero-order valence-electron chi connectivity index (χ0n) is 5.63. The molecule has 2 nitrogen and oxygen atoms in total. The second-order valence-electron chi connectivity index (χ2n) is 1.81. The van der Waals surface area contributed by atoms with E-state index in [0.29, 0.717) is 12.6 Å². The average Bonchev–Trinajstić information content (AvgIpc) is 1.88. The van der Waals surface area contributed by atoms with Crippen LogP contribution in [0.1, 0.15) is 6.42 Å². The molecule has 0 aromatic carbocycles. The van der Waals surface area contributed by atoms with Crippen LogP contribution in [0, 0.1) is 0 Å². The minimum atomic E-state index is 0.347. The van der Waals surface area contributed by atoms with Gasteiger partial charge in [0.2, 0.25) is 0 Å². The van der Waals surface area contributed by atoms with Gasteiger partial charge in [0.05, 0.1) is 6.61 Å². The van der Waals surface area contributed by atoms with Crippen LogP contribution in [0.2, 0.25) is 0 Å². The van der Waals surface area contributed by atoms with Crippen molar-refractivity contribution >= 4 is 12.9 Å². The zero-order valence-corrected chi connectivity index (χ0v) is 6.53. The second kappa shape index (κ2) is 6.13. The Morgan fingerprint density at radius 3 is 2.89 bits per heavy atom. The first-order valence-corrected chi connectivity index (χ1v) is 3.26. The van der Waals surface area contributed by atoms with E-state index in [1.165, 1.54) is 0 Å². The van der Waals surface area contributed by atoms with Gasteiger partial charge in [-0.3, -0.25) is 0 Å². The molecule has 1 N–H and O–H groups in total. The maximum absolute atomic E-state index is 4.63. The van der Waals surface area contributed by atoms with Gasteiger partial charge in [-0.25, -0.2) is 0 Å². The van der Waals surface area contributed by atoms with Crippen LogP contribution in [-0.2, 0) is 4.18 Å². The topological polar surface area (TPSA) is 21.3 Å². The zero-order chi connectivity index (χ0) is 7.11. The molecule has 0 saturated heterocycles. The minimum Gasteiger partial charge on any atom is -0.317 e. The van der Waals surface area contributed by atoms with E-state index in [0.717, 1.165) is 6.42 Å². The Labute approximate surface area is 61.9 Å². The van der Waals surface area contributed by atoms with E-state index in [1.54, 1.807) is 0 Å². The van der Waals surface area contributed by atoms with E-state index in [1.807, 2.05) is 13.1 Å². The number of hydrogen-bond acceptors (Lipinski definition) is 3. The van der Waals surface area contributed by atoms with E-state index in [-0.39, 0.29) is 0 Å². The summed E-state index contributed by atoms with van der Waals surface area (Å²) in [4.78, 5) is 0. The molecule has 0 fully saturated rings. The fraction of sp³-hybridized carbons (Fsp3) is 0.667.